The van der Waals surface area contributed by atoms with Crippen molar-refractivity contribution in [3.8, 4) is 0 Å². The Kier molecular flexibility index (Phi) is 4.77. The lowest BCUT2D eigenvalue weighted by atomic mass is 9.94. The number of likely N-dealkylation sites (tertiary alicyclic amines) is 1. The molecule has 1 saturated heterocycles. The molecule has 2 heterocycles. The number of methoxy groups -OCH3 is 1. The fraction of sp³-hybridized carbons (Fsp3) is 0.667. The van der Waals surface area contributed by atoms with Crippen LogP contribution in [-0.2, 0) is 22.5 Å². The number of ether oxygens (including phenoxy) is 2. The number of carbonyl (C=O) groups is 1. The van der Waals surface area contributed by atoms with E-state index in [0.717, 1.165) is 25.1 Å². The summed E-state index contributed by atoms with van der Waals surface area (Å²) in [6, 6.07) is 0. The van der Waals surface area contributed by atoms with Crippen molar-refractivity contribution in [2.45, 2.75) is 39.4 Å². The minimum Gasteiger partial charge on any atom is -0.444 e. The van der Waals surface area contributed by atoms with Gasteiger partial charge in [-0.15, -0.1) is 0 Å². The lowest BCUT2D eigenvalue weighted by Crippen LogP contribution is -2.52. The van der Waals surface area contributed by atoms with Crippen molar-refractivity contribution in [2.24, 2.45) is 5.92 Å². The van der Waals surface area contributed by atoms with E-state index < -0.39 is 5.60 Å². The van der Waals surface area contributed by atoms with Crippen molar-refractivity contribution >= 4 is 6.09 Å². The monoisotopic (exact) mass is 293 g/mol. The Balaban J connectivity index is 1.76. The Labute approximate surface area is 125 Å². The summed E-state index contributed by atoms with van der Waals surface area (Å²) in [5, 5.41) is 0. The summed E-state index contributed by atoms with van der Waals surface area (Å²) in [6.45, 7) is 7.52. The van der Waals surface area contributed by atoms with Gasteiger partial charge in [-0.25, -0.2) is 14.8 Å². The molecule has 6 heteroatoms. The molecule has 1 amide bonds. The maximum Gasteiger partial charge on any atom is 0.410 e. The van der Waals surface area contributed by atoms with Crippen molar-refractivity contribution in [1.29, 1.82) is 0 Å². The van der Waals surface area contributed by atoms with E-state index in [-0.39, 0.29) is 6.09 Å². The first-order valence-corrected chi connectivity index (χ1v) is 7.14. The molecule has 1 fully saturated rings. The van der Waals surface area contributed by atoms with Crippen LogP contribution in [0, 0.1) is 5.92 Å². The fourth-order valence-electron chi connectivity index (χ4n) is 2.20. The third kappa shape index (κ3) is 4.67. The number of hydrogen-bond donors (Lipinski definition) is 0. The second kappa shape index (κ2) is 6.39. The van der Waals surface area contributed by atoms with Crippen LogP contribution in [0.4, 0.5) is 4.79 Å². The summed E-state index contributed by atoms with van der Waals surface area (Å²) in [5.74, 6) is 1.14. The van der Waals surface area contributed by atoms with Gasteiger partial charge in [0.05, 0.1) is 0 Å². The van der Waals surface area contributed by atoms with Crippen LogP contribution in [0.5, 0.6) is 0 Å². The smallest absolute Gasteiger partial charge is 0.410 e. The molecule has 0 aliphatic carbocycles. The van der Waals surface area contributed by atoms with E-state index in [0.29, 0.717) is 18.3 Å². The molecule has 6 nitrogen and oxygen atoms in total. The summed E-state index contributed by atoms with van der Waals surface area (Å²) in [4.78, 5) is 22.0. The Morgan fingerprint density at radius 1 is 1.33 bits per heavy atom. The normalized spacial score (nSPS) is 15.7. The number of rotatable bonds is 4. The number of amides is 1. The zero-order valence-corrected chi connectivity index (χ0v) is 13.1. The molecule has 1 aromatic heterocycles. The minimum atomic E-state index is -0.437. The molecule has 2 rings (SSSR count). The lowest BCUT2D eigenvalue weighted by Gasteiger charge is -2.39. The Hall–Kier alpha value is -1.69. The van der Waals surface area contributed by atoms with E-state index in [9.17, 15) is 4.79 Å². The van der Waals surface area contributed by atoms with Gasteiger partial charge in [0.15, 0.2) is 5.82 Å². The topological polar surface area (TPSA) is 64.5 Å². The molecule has 1 aliphatic rings. The highest BCUT2D eigenvalue weighted by Crippen LogP contribution is 2.22. The zero-order chi connectivity index (χ0) is 15.5. The average molecular weight is 293 g/mol. The van der Waals surface area contributed by atoms with Gasteiger partial charge in [0.25, 0.3) is 0 Å². The molecule has 0 saturated carbocycles. The van der Waals surface area contributed by atoms with Gasteiger partial charge in [0.1, 0.15) is 12.2 Å². The van der Waals surface area contributed by atoms with Crippen LogP contribution >= 0.6 is 0 Å². The van der Waals surface area contributed by atoms with Crippen molar-refractivity contribution in [3.05, 3.63) is 23.8 Å². The van der Waals surface area contributed by atoms with Crippen molar-refractivity contribution in [1.82, 2.24) is 14.9 Å². The van der Waals surface area contributed by atoms with Crippen LogP contribution < -0.4 is 0 Å². The molecule has 0 radical (unpaired) electrons. The second-order valence-corrected chi connectivity index (χ2v) is 6.40. The van der Waals surface area contributed by atoms with Gasteiger partial charge < -0.3 is 14.4 Å². The molecule has 0 aromatic carbocycles. The molecule has 0 atom stereocenters. The molecule has 0 N–H and O–H groups in total. The molecule has 21 heavy (non-hydrogen) atoms. The van der Waals surface area contributed by atoms with Crippen LogP contribution in [0.15, 0.2) is 12.4 Å². The van der Waals surface area contributed by atoms with Gasteiger partial charge in [0, 0.05) is 32.6 Å². The van der Waals surface area contributed by atoms with Gasteiger partial charge in [0.2, 0.25) is 0 Å². The number of aromatic nitrogens is 2. The maximum absolute atomic E-state index is 11.8. The van der Waals surface area contributed by atoms with E-state index in [1.165, 1.54) is 0 Å². The molecule has 0 unspecified atom stereocenters. The van der Waals surface area contributed by atoms with E-state index in [1.54, 1.807) is 12.0 Å². The van der Waals surface area contributed by atoms with E-state index in [2.05, 4.69) is 9.97 Å². The second-order valence-electron chi connectivity index (χ2n) is 6.40. The number of nitrogens with zero attached hydrogens (tertiary/aromatic N) is 3. The molecule has 1 aromatic rings. The van der Waals surface area contributed by atoms with Crippen LogP contribution in [0.1, 0.15) is 32.2 Å². The maximum atomic E-state index is 11.8. The predicted octanol–water partition coefficient (Wildman–Crippen LogP) is 2.03. The largest absolute Gasteiger partial charge is 0.444 e. The molecule has 1 aliphatic heterocycles. The average Bonchev–Trinajstić information content (AvgIpc) is 2.33. The van der Waals surface area contributed by atoms with Gasteiger partial charge in [-0.2, -0.15) is 0 Å². The summed E-state index contributed by atoms with van der Waals surface area (Å²) < 4.78 is 10.3. The third-order valence-electron chi connectivity index (χ3n) is 3.17. The van der Waals surface area contributed by atoms with Crippen molar-refractivity contribution in [2.75, 3.05) is 20.2 Å². The highest BCUT2D eigenvalue weighted by molar-refractivity contribution is 5.69. The van der Waals surface area contributed by atoms with Crippen LogP contribution in [0.25, 0.3) is 0 Å². The quantitative estimate of drug-likeness (QED) is 0.850. The van der Waals surface area contributed by atoms with Crippen molar-refractivity contribution in [3.63, 3.8) is 0 Å². The molecule has 0 spiro atoms. The first-order chi connectivity index (χ1) is 9.87. The first-order valence-electron chi connectivity index (χ1n) is 7.14. The van der Waals surface area contributed by atoms with Gasteiger partial charge in [-0.3, -0.25) is 0 Å². The predicted molar refractivity (Wildman–Crippen MR) is 77.7 cm³/mol. The molecular formula is C15H23N3O3. The van der Waals surface area contributed by atoms with E-state index >= 15 is 0 Å². The number of hydrogen-bond acceptors (Lipinski definition) is 5. The summed E-state index contributed by atoms with van der Waals surface area (Å²) in [6.07, 6.45) is 4.31. The molecular weight excluding hydrogens is 270 g/mol. The Morgan fingerprint density at radius 3 is 2.48 bits per heavy atom. The Morgan fingerprint density at radius 2 is 1.95 bits per heavy atom. The third-order valence-corrected chi connectivity index (χ3v) is 3.17. The van der Waals surface area contributed by atoms with Crippen molar-refractivity contribution < 1.29 is 14.3 Å². The van der Waals surface area contributed by atoms with Crippen LogP contribution in [-0.4, -0.2) is 46.8 Å². The van der Waals surface area contributed by atoms with E-state index in [1.807, 2.05) is 33.2 Å². The highest BCUT2D eigenvalue weighted by Gasteiger charge is 2.33. The summed E-state index contributed by atoms with van der Waals surface area (Å²) in [7, 11) is 1.62. The van der Waals surface area contributed by atoms with Gasteiger partial charge >= 0.3 is 6.09 Å². The lowest BCUT2D eigenvalue weighted by molar-refractivity contribution is -0.000897. The summed E-state index contributed by atoms with van der Waals surface area (Å²) in [5.41, 5.74) is 0.649. The van der Waals surface area contributed by atoms with Gasteiger partial charge in [-0.05, 0) is 38.7 Å². The summed E-state index contributed by atoms with van der Waals surface area (Å²) >= 11 is 0. The SMILES string of the molecule is COCc1ncc(CC2CN(C(=O)OC(C)(C)C)C2)cn1. The number of carbonyl (C=O) groups excluding carboxylic acids is 1. The van der Waals surface area contributed by atoms with E-state index in [4.69, 9.17) is 9.47 Å². The van der Waals surface area contributed by atoms with Crippen LogP contribution in [0.3, 0.4) is 0 Å². The van der Waals surface area contributed by atoms with Crippen LogP contribution in [0.2, 0.25) is 0 Å². The minimum absolute atomic E-state index is 0.231. The standard InChI is InChI=1S/C15H23N3O3/c1-15(2,3)21-14(19)18-8-12(9-18)5-11-6-16-13(10-20-4)17-7-11/h6-7,12H,5,8-10H2,1-4H3. The highest BCUT2D eigenvalue weighted by atomic mass is 16.6. The zero-order valence-electron chi connectivity index (χ0n) is 13.1. The van der Waals surface area contributed by atoms with Gasteiger partial charge in [-0.1, -0.05) is 0 Å². The molecule has 116 valence electrons. The molecule has 0 bridgehead atoms. The first kappa shape index (κ1) is 15.7. The fourth-order valence-corrected chi connectivity index (χ4v) is 2.20. The Bertz CT molecular complexity index is 476.